The molecule has 0 radical (unpaired) electrons. The molecule has 0 fully saturated rings. The highest BCUT2D eigenvalue weighted by atomic mass is 16.5. The van der Waals surface area contributed by atoms with Gasteiger partial charge in [0, 0.05) is 16.7 Å². The molecule has 0 spiro atoms. The molecule has 96 valence electrons. The quantitative estimate of drug-likeness (QED) is 0.620. The molecular formula is C16H14O3. The SMILES string of the molecule is COc1cccc(C(C)=O)c1-c1ccccc1C=O. The maximum Gasteiger partial charge on any atom is 0.160 e. The molecule has 0 aromatic heterocycles. The first-order valence-electron chi connectivity index (χ1n) is 5.91. The van der Waals surface area contributed by atoms with Crippen LogP contribution in [0, 0.1) is 0 Å². The predicted molar refractivity (Wildman–Crippen MR) is 73.8 cm³/mol. The minimum Gasteiger partial charge on any atom is -0.496 e. The zero-order chi connectivity index (χ0) is 13.8. The van der Waals surface area contributed by atoms with Crippen molar-refractivity contribution in [2.45, 2.75) is 6.92 Å². The lowest BCUT2D eigenvalue weighted by molar-refractivity contribution is 0.101. The molecule has 0 saturated heterocycles. The summed E-state index contributed by atoms with van der Waals surface area (Å²) in [7, 11) is 1.55. The summed E-state index contributed by atoms with van der Waals surface area (Å²) < 4.78 is 5.32. The van der Waals surface area contributed by atoms with Crippen molar-refractivity contribution in [1.29, 1.82) is 0 Å². The highest BCUT2D eigenvalue weighted by molar-refractivity contribution is 6.04. The number of ketones is 1. The summed E-state index contributed by atoms with van der Waals surface area (Å²) in [5, 5.41) is 0. The van der Waals surface area contributed by atoms with E-state index in [0.29, 0.717) is 28.0 Å². The van der Waals surface area contributed by atoms with Gasteiger partial charge in [-0.1, -0.05) is 36.4 Å². The Kier molecular flexibility index (Phi) is 3.76. The van der Waals surface area contributed by atoms with Crippen LogP contribution < -0.4 is 4.74 Å². The standard InChI is InChI=1S/C16H14O3/c1-11(18)13-8-5-9-15(19-2)16(13)14-7-4-3-6-12(14)10-17/h3-10H,1-2H3. The first-order valence-corrected chi connectivity index (χ1v) is 5.91. The van der Waals surface area contributed by atoms with E-state index < -0.39 is 0 Å². The zero-order valence-electron chi connectivity index (χ0n) is 10.8. The number of benzene rings is 2. The van der Waals surface area contributed by atoms with Crippen molar-refractivity contribution >= 4 is 12.1 Å². The molecule has 0 amide bonds. The van der Waals surface area contributed by atoms with Gasteiger partial charge >= 0.3 is 0 Å². The van der Waals surface area contributed by atoms with Gasteiger partial charge < -0.3 is 4.74 Å². The van der Waals surface area contributed by atoms with E-state index in [0.717, 1.165) is 6.29 Å². The van der Waals surface area contributed by atoms with E-state index in [1.54, 1.807) is 37.4 Å². The number of carbonyl (C=O) groups excluding carboxylic acids is 2. The highest BCUT2D eigenvalue weighted by Gasteiger charge is 2.16. The van der Waals surface area contributed by atoms with Crippen LogP contribution in [-0.4, -0.2) is 19.2 Å². The molecule has 0 aliphatic rings. The van der Waals surface area contributed by atoms with E-state index in [-0.39, 0.29) is 5.78 Å². The molecule has 19 heavy (non-hydrogen) atoms. The van der Waals surface area contributed by atoms with Gasteiger partial charge in [-0.15, -0.1) is 0 Å². The van der Waals surface area contributed by atoms with Gasteiger partial charge in [-0.3, -0.25) is 9.59 Å². The number of rotatable bonds is 4. The molecule has 0 aliphatic heterocycles. The highest BCUT2D eigenvalue weighted by Crippen LogP contribution is 2.35. The lowest BCUT2D eigenvalue weighted by atomic mass is 9.93. The van der Waals surface area contributed by atoms with E-state index in [9.17, 15) is 9.59 Å². The summed E-state index contributed by atoms with van der Waals surface area (Å²) in [6.45, 7) is 1.50. The predicted octanol–water partition coefficient (Wildman–Crippen LogP) is 3.38. The number of carbonyl (C=O) groups is 2. The second-order valence-corrected chi connectivity index (χ2v) is 4.14. The van der Waals surface area contributed by atoms with Gasteiger partial charge in [0.25, 0.3) is 0 Å². The number of aldehydes is 1. The van der Waals surface area contributed by atoms with Crippen molar-refractivity contribution in [2.75, 3.05) is 7.11 Å². The molecule has 0 bridgehead atoms. The third kappa shape index (κ3) is 2.40. The molecule has 2 aromatic rings. The molecule has 0 aliphatic carbocycles. The Morgan fingerprint density at radius 3 is 2.47 bits per heavy atom. The van der Waals surface area contributed by atoms with E-state index in [4.69, 9.17) is 4.74 Å². The van der Waals surface area contributed by atoms with E-state index in [2.05, 4.69) is 0 Å². The maximum absolute atomic E-state index is 11.8. The van der Waals surface area contributed by atoms with Crippen LogP contribution in [0.3, 0.4) is 0 Å². The zero-order valence-corrected chi connectivity index (χ0v) is 10.8. The van der Waals surface area contributed by atoms with Gasteiger partial charge in [-0.05, 0) is 18.6 Å². The van der Waals surface area contributed by atoms with Crippen molar-refractivity contribution in [3.05, 3.63) is 53.6 Å². The largest absolute Gasteiger partial charge is 0.496 e. The first kappa shape index (κ1) is 13.0. The fourth-order valence-electron chi connectivity index (χ4n) is 2.10. The van der Waals surface area contributed by atoms with Crippen molar-refractivity contribution in [1.82, 2.24) is 0 Å². The van der Waals surface area contributed by atoms with E-state index in [1.807, 2.05) is 12.1 Å². The molecule has 0 heterocycles. The second kappa shape index (κ2) is 5.48. The number of hydrogen-bond acceptors (Lipinski definition) is 3. The van der Waals surface area contributed by atoms with Crippen molar-refractivity contribution in [3.63, 3.8) is 0 Å². The summed E-state index contributed by atoms with van der Waals surface area (Å²) >= 11 is 0. The number of ether oxygens (including phenoxy) is 1. The first-order chi connectivity index (χ1) is 9.19. The van der Waals surface area contributed by atoms with Gasteiger partial charge in [-0.2, -0.15) is 0 Å². The van der Waals surface area contributed by atoms with Gasteiger partial charge in [-0.25, -0.2) is 0 Å². The minimum atomic E-state index is -0.0606. The summed E-state index contributed by atoms with van der Waals surface area (Å²) in [5.74, 6) is 0.525. The number of Topliss-reactive ketones (excluding diaryl/α,β-unsaturated/α-hetero) is 1. The topological polar surface area (TPSA) is 43.4 Å². The van der Waals surface area contributed by atoms with E-state index in [1.165, 1.54) is 6.92 Å². The van der Waals surface area contributed by atoms with Crippen LogP contribution in [0.1, 0.15) is 27.6 Å². The van der Waals surface area contributed by atoms with Crippen LogP contribution in [0.25, 0.3) is 11.1 Å². The maximum atomic E-state index is 11.8. The number of hydrogen-bond donors (Lipinski definition) is 0. The normalized spacial score (nSPS) is 10.0. The molecule has 0 saturated carbocycles. The monoisotopic (exact) mass is 254 g/mol. The van der Waals surface area contributed by atoms with Crippen LogP contribution in [0.5, 0.6) is 5.75 Å². The Bertz CT molecular complexity index is 630. The van der Waals surface area contributed by atoms with Crippen LogP contribution in [0.4, 0.5) is 0 Å². The van der Waals surface area contributed by atoms with Gasteiger partial charge in [0.2, 0.25) is 0 Å². The summed E-state index contributed by atoms with van der Waals surface area (Å²) in [5.41, 5.74) is 2.46. The van der Waals surface area contributed by atoms with Crippen molar-refractivity contribution in [3.8, 4) is 16.9 Å². The summed E-state index contributed by atoms with van der Waals surface area (Å²) in [6.07, 6.45) is 0.783. The third-order valence-corrected chi connectivity index (χ3v) is 2.98. The van der Waals surface area contributed by atoms with Crippen LogP contribution in [-0.2, 0) is 0 Å². The Hall–Kier alpha value is -2.42. The Morgan fingerprint density at radius 1 is 1.11 bits per heavy atom. The molecule has 3 nitrogen and oxygen atoms in total. The van der Waals surface area contributed by atoms with Gasteiger partial charge in [0.05, 0.1) is 7.11 Å². The Balaban J connectivity index is 2.79. The van der Waals surface area contributed by atoms with Crippen molar-refractivity contribution < 1.29 is 14.3 Å². The Morgan fingerprint density at radius 2 is 1.84 bits per heavy atom. The molecule has 2 aromatic carbocycles. The van der Waals surface area contributed by atoms with Crippen molar-refractivity contribution in [2.24, 2.45) is 0 Å². The van der Waals surface area contributed by atoms with E-state index >= 15 is 0 Å². The lowest BCUT2D eigenvalue weighted by Crippen LogP contribution is -2.00. The minimum absolute atomic E-state index is 0.0606. The molecule has 0 unspecified atom stereocenters. The van der Waals surface area contributed by atoms with Crippen LogP contribution >= 0.6 is 0 Å². The lowest BCUT2D eigenvalue weighted by Gasteiger charge is -2.14. The molecule has 0 N–H and O–H groups in total. The average Bonchev–Trinajstić information content (AvgIpc) is 2.46. The second-order valence-electron chi connectivity index (χ2n) is 4.14. The van der Waals surface area contributed by atoms with Gasteiger partial charge in [0.1, 0.15) is 5.75 Å². The molecular weight excluding hydrogens is 240 g/mol. The van der Waals surface area contributed by atoms with Gasteiger partial charge in [0.15, 0.2) is 12.1 Å². The smallest absolute Gasteiger partial charge is 0.160 e. The summed E-state index contributed by atoms with van der Waals surface area (Å²) in [4.78, 5) is 22.9. The fraction of sp³-hybridized carbons (Fsp3) is 0.125. The van der Waals surface area contributed by atoms with Crippen LogP contribution in [0.15, 0.2) is 42.5 Å². The fourth-order valence-corrected chi connectivity index (χ4v) is 2.10. The number of methoxy groups -OCH3 is 1. The average molecular weight is 254 g/mol. The van der Waals surface area contributed by atoms with Crippen LogP contribution in [0.2, 0.25) is 0 Å². The molecule has 2 rings (SSSR count). The third-order valence-electron chi connectivity index (χ3n) is 2.98. The molecule has 3 heteroatoms. The molecule has 0 atom stereocenters. The summed E-state index contributed by atoms with van der Waals surface area (Å²) in [6, 6.07) is 12.4. The Labute approximate surface area is 111 Å².